The number of pyridine rings is 1. The van der Waals surface area contributed by atoms with Crippen molar-refractivity contribution in [3.05, 3.63) is 71.8 Å². The number of aryl methyl sites for hydroxylation is 2. The van der Waals surface area contributed by atoms with Crippen molar-refractivity contribution >= 4 is 11.6 Å². The average Bonchev–Trinajstić information content (AvgIpc) is 2.87. The van der Waals surface area contributed by atoms with Gasteiger partial charge >= 0.3 is 0 Å². The summed E-state index contributed by atoms with van der Waals surface area (Å²) in [5, 5.41) is 7.27. The summed E-state index contributed by atoms with van der Waals surface area (Å²) < 4.78 is 1.83. The van der Waals surface area contributed by atoms with Crippen LogP contribution in [0.5, 0.6) is 0 Å². The minimum Gasteiger partial charge on any atom is -0.321 e. The van der Waals surface area contributed by atoms with Crippen LogP contribution in [0.15, 0.2) is 54.9 Å². The Morgan fingerprint density at radius 3 is 2.68 bits per heavy atom. The van der Waals surface area contributed by atoms with Gasteiger partial charge < -0.3 is 5.32 Å². The predicted octanol–water partition coefficient (Wildman–Crippen LogP) is 3.14. The van der Waals surface area contributed by atoms with Gasteiger partial charge in [-0.1, -0.05) is 6.07 Å². The SMILES string of the molecule is Cc1cc(C)n(-c2cccc(C(=O)Nc3cccnc3)c2)n1. The van der Waals surface area contributed by atoms with Crippen LogP contribution < -0.4 is 5.32 Å². The fraction of sp³-hybridized carbons (Fsp3) is 0.118. The van der Waals surface area contributed by atoms with E-state index in [-0.39, 0.29) is 5.91 Å². The Hall–Kier alpha value is -2.95. The van der Waals surface area contributed by atoms with E-state index in [1.807, 2.05) is 42.8 Å². The Bertz CT molecular complexity index is 809. The predicted molar refractivity (Wildman–Crippen MR) is 85.2 cm³/mol. The molecule has 0 atom stereocenters. The van der Waals surface area contributed by atoms with Gasteiger partial charge in [0, 0.05) is 17.5 Å². The van der Waals surface area contributed by atoms with Crippen molar-refractivity contribution in [1.29, 1.82) is 0 Å². The lowest BCUT2D eigenvalue weighted by molar-refractivity contribution is 0.102. The van der Waals surface area contributed by atoms with Crippen LogP contribution in [0.2, 0.25) is 0 Å². The van der Waals surface area contributed by atoms with Gasteiger partial charge in [0.15, 0.2) is 0 Å². The molecule has 2 aromatic heterocycles. The molecule has 0 aliphatic rings. The molecular formula is C17H16N4O. The third-order valence-electron chi connectivity index (χ3n) is 3.28. The number of anilines is 1. The second-order valence-corrected chi connectivity index (χ2v) is 5.09. The van der Waals surface area contributed by atoms with Crippen LogP contribution in [-0.2, 0) is 0 Å². The molecule has 0 saturated carbocycles. The maximum atomic E-state index is 12.3. The highest BCUT2D eigenvalue weighted by atomic mass is 16.1. The molecular weight excluding hydrogens is 276 g/mol. The Morgan fingerprint density at radius 2 is 2.00 bits per heavy atom. The number of aromatic nitrogens is 3. The molecule has 0 unspecified atom stereocenters. The Labute approximate surface area is 128 Å². The van der Waals surface area contributed by atoms with E-state index in [1.165, 1.54) is 0 Å². The van der Waals surface area contributed by atoms with Gasteiger partial charge in [-0.3, -0.25) is 9.78 Å². The van der Waals surface area contributed by atoms with E-state index >= 15 is 0 Å². The summed E-state index contributed by atoms with van der Waals surface area (Å²) in [4.78, 5) is 16.3. The van der Waals surface area contributed by atoms with E-state index in [9.17, 15) is 4.79 Å². The molecule has 5 heteroatoms. The topological polar surface area (TPSA) is 59.8 Å². The molecule has 110 valence electrons. The zero-order chi connectivity index (χ0) is 15.5. The molecule has 5 nitrogen and oxygen atoms in total. The molecule has 0 aliphatic carbocycles. The van der Waals surface area contributed by atoms with Crippen molar-refractivity contribution in [2.24, 2.45) is 0 Å². The molecule has 22 heavy (non-hydrogen) atoms. The normalized spacial score (nSPS) is 10.5. The summed E-state index contributed by atoms with van der Waals surface area (Å²) in [6, 6.07) is 13.0. The molecule has 0 saturated heterocycles. The smallest absolute Gasteiger partial charge is 0.255 e. The summed E-state index contributed by atoms with van der Waals surface area (Å²) in [5.41, 5.74) is 4.09. The average molecular weight is 292 g/mol. The van der Waals surface area contributed by atoms with Crippen molar-refractivity contribution in [1.82, 2.24) is 14.8 Å². The van der Waals surface area contributed by atoms with Crippen LogP contribution in [0.3, 0.4) is 0 Å². The number of hydrogen-bond donors (Lipinski definition) is 1. The number of nitrogens with zero attached hydrogens (tertiary/aromatic N) is 3. The van der Waals surface area contributed by atoms with Gasteiger partial charge in [0.1, 0.15) is 0 Å². The fourth-order valence-corrected chi connectivity index (χ4v) is 2.31. The lowest BCUT2D eigenvalue weighted by Gasteiger charge is -2.08. The fourth-order valence-electron chi connectivity index (χ4n) is 2.31. The van der Waals surface area contributed by atoms with Crippen molar-refractivity contribution in [3.8, 4) is 5.69 Å². The minimum atomic E-state index is -0.170. The molecule has 2 heterocycles. The van der Waals surface area contributed by atoms with E-state index in [4.69, 9.17) is 0 Å². The monoisotopic (exact) mass is 292 g/mol. The highest BCUT2D eigenvalue weighted by molar-refractivity contribution is 6.04. The largest absolute Gasteiger partial charge is 0.321 e. The van der Waals surface area contributed by atoms with E-state index < -0.39 is 0 Å². The first kappa shape index (κ1) is 14.0. The van der Waals surface area contributed by atoms with E-state index in [0.717, 1.165) is 17.1 Å². The summed E-state index contributed by atoms with van der Waals surface area (Å²) in [5.74, 6) is -0.170. The molecule has 0 radical (unpaired) electrons. The molecule has 1 amide bonds. The minimum absolute atomic E-state index is 0.170. The second kappa shape index (κ2) is 5.81. The summed E-state index contributed by atoms with van der Waals surface area (Å²) in [7, 11) is 0. The lowest BCUT2D eigenvalue weighted by atomic mass is 10.2. The molecule has 3 aromatic rings. The highest BCUT2D eigenvalue weighted by Crippen LogP contribution is 2.15. The van der Waals surface area contributed by atoms with Gasteiger partial charge in [-0.05, 0) is 50.2 Å². The summed E-state index contributed by atoms with van der Waals surface area (Å²) >= 11 is 0. The molecule has 3 rings (SSSR count). The first-order valence-corrected chi connectivity index (χ1v) is 6.98. The molecule has 0 bridgehead atoms. The zero-order valence-corrected chi connectivity index (χ0v) is 12.4. The number of carbonyl (C=O) groups excluding carboxylic acids is 1. The van der Waals surface area contributed by atoms with Crippen molar-refractivity contribution < 1.29 is 4.79 Å². The van der Waals surface area contributed by atoms with E-state index in [0.29, 0.717) is 11.3 Å². The second-order valence-electron chi connectivity index (χ2n) is 5.09. The highest BCUT2D eigenvalue weighted by Gasteiger charge is 2.09. The van der Waals surface area contributed by atoms with Crippen molar-refractivity contribution in [2.75, 3.05) is 5.32 Å². The Balaban J connectivity index is 1.88. The molecule has 0 fully saturated rings. The first-order chi connectivity index (χ1) is 10.6. The molecule has 1 aromatic carbocycles. The van der Waals surface area contributed by atoms with Crippen LogP contribution in [0, 0.1) is 13.8 Å². The van der Waals surface area contributed by atoms with Gasteiger partial charge in [-0.15, -0.1) is 0 Å². The maximum Gasteiger partial charge on any atom is 0.255 e. The molecule has 0 spiro atoms. The quantitative estimate of drug-likeness (QED) is 0.806. The van der Waals surface area contributed by atoms with Crippen LogP contribution in [0.25, 0.3) is 5.69 Å². The van der Waals surface area contributed by atoms with Gasteiger partial charge in [0.05, 0.1) is 23.3 Å². The maximum absolute atomic E-state index is 12.3. The third kappa shape index (κ3) is 2.88. The van der Waals surface area contributed by atoms with Crippen molar-refractivity contribution in [3.63, 3.8) is 0 Å². The zero-order valence-electron chi connectivity index (χ0n) is 12.4. The number of hydrogen-bond acceptors (Lipinski definition) is 3. The Kier molecular flexibility index (Phi) is 3.70. The number of carbonyl (C=O) groups is 1. The number of benzene rings is 1. The summed E-state index contributed by atoms with van der Waals surface area (Å²) in [6.45, 7) is 3.94. The number of nitrogens with one attached hydrogen (secondary N) is 1. The first-order valence-electron chi connectivity index (χ1n) is 6.98. The van der Waals surface area contributed by atoms with Crippen LogP contribution in [0.4, 0.5) is 5.69 Å². The van der Waals surface area contributed by atoms with Gasteiger partial charge in [0.25, 0.3) is 5.91 Å². The van der Waals surface area contributed by atoms with Crippen LogP contribution in [-0.4, -0.2) is 20.7 Å². The van der Waals surface area contributed by atoms with Gasteiger partial charge in [-0.2, -0.15) is 5.10 Å². The Morgan fingerprint density at radius 1 is 1.14 bits per heavy atom. The molecule has 1 N–H and O–H groups in total. The number of amides is 1. The van der Waals surface area contributed by atoms with Crippen LogP contribution in [0.1, 0.15) is 21.7 Å². The van der Waals surface area contributed by atoms with Crippen LogP contribution >= 0.6 is 0 Å². The van der Waals surface area contributed by atoms with Crippen molar-refractivity contribution in [2.45, 2.75) is 13.8 Å². The molecule has 0 aliphatic heterocycles. The van der Waals surface area contributed by atoms with Gasteiger partial charge in [0.2, 0.25) is 0 Å². The van der Waals surface area contributed by atoms with E-state index in [1.54, 1.807) is 30.6 Å². The standard InChI is InChI=1S/C17H16N4O/c1-12-9-13(2)21(20-12)16-7-3-5-14(10-16)17(22)19-15-6-4-8-18-11-15/h3-11H,1-2H3,(H,19,22). The van der Waals surface area contributed by atoms with E-state index in [2.05, 4.69) is 15.4 Å². The number of rotatable bonds is 3. The lowest BCUT2D eigenvalue weighted by Crippen LogP contribution is -2.12. The third-order valence-corrected chi connectivity index (χ3v) is 3.28. The van der Waals surface area contributed by atoms with Gasteiger partial charge in [-0.25, -0.2) is 4.68 Å². The summed E-state index contributed by atoms with van der Waals surface area (Å²) in [6.07, 6.45) is 3.28.